The molecule has 0 aromatic heterocycles. The highest BCUT2D eigenvalue weighted by molar-refractivity contribution is 4.96. The first-order valence-electron chi connectivity index (χ1n) is 7.21. The van der Waals surface area contributed by atoms with Gasteiger partial charge in [-0.2, -0.15) is 0 Å². The van der Waals surface area contributed by atoms with Gasteiger partial charge in [0.15, 0.2) is 0 Å². The maximum absolute atomic E-state index is 6.40. The Labute approximate surface area is 99.6 Å². The Hall–Kier alpha value is -0.0800. The van der Waals surface area contributed by atoms with E-state index in [4.69, 9.17) is 5.73 Å². The van der Waals surface area contributed by atoms with Crippen molar-refractivity contribution in [2.75, 3.05) is 7.05 Å². The molecule has 2 bridgehead atoms. The average molecular weight is 222 g/mol. The van der Waals surface area contributed by atoms with Crippen molar-refractivity contribution in [3.05, 3.63) is 0 Å². The molecule has 3 aliphatic rings. The van der Waals surface area contributed by atoms with E-state index < -0.39 is 0 Å². The van der Waals surface area contributed by atoms with Crippen molar-refractivity contribution in [1.82, 2.24) is 4.90 Å². The minimum absolute atomic E-state index is 0.498. The Morgan fingerprint density at radius 1 is 1.12 bits per heavy atom. The fraction of sp³-hybridized carbons (Fsp3) is 1.00. The van der Waals surface area contributed by atoms with Crippen molar-refractivity contribution in [3.8, 4) is 0 Å². The maximum Gasteiger partial charge on any atom is 0.00989 e. The second-order valence-electron chi connectivity index (χ2n) is 6.47. The normalized spacial score (nSPS) is 41.2. The van der Waals surface area contributed by atoms with Crippen LogP contribution in [0.1, 0.15) is 51.4 Å². The van der Waals surface area contributed by atoms with Crippen LogP contribution >= 0.6 is 0 Å². The molecule has 1 aliphatic carbocycles. The lowest BCUT2D eigenvalue weighted by Crippen LogP contribution is -2.45. The van der Waals surface area contributed by atoms with Gasteiger partial charge in [-0.1, -0.05) is 12.8 Å². The number of piperidine rings is 1. The Morgan fingerprint density at radius 2 is 1.75 bits per heavy atom. The number of hydrogen-bond donors (Lipinski definition) is 1. The molecule has 0 amide bonds. The summed E-state index contributed by atoms with van der Waals surface area (Å²) in [5.74, 6) is 1.88. The van der Waals surface area contributed by atoms with Crippen LogP contribution in [-0.4, -0.2) is 30.1 Å². The first-order valence-corrected chi connectivity index (χ1v) is 7.21. The zero-order chi connectivity index (χ0) is 11.1. The predicted octanol–water partition coefficient (Wildman–Crippen LogP) is 2.38. The first-order chi connectivity index (χ1) is 7.74. The van der Waals surface area contributed by atoms with Gasteiger partial charge in [0.05, 0.1) is 0 Å². The molecule has 3 unspecified atom stereocenters. The molecule has 16 heavy (non-hydrogen) atoms. The largest absolute Gasteiger partial charge is 0.327 e. The van der Waals surface area contributed by atoms with E-state index in [1.54, 1.807) is 0 Å². The standard InChI is InChI=1S/C14H26N2/c1-16-12-5-6-13(16)9-11(8-12)14(15)7-4-10-2-3-10/h10-14H,2-9,15H2,1H3. The fourth-order valence-electron chi connectivity index (χ4n) is 3.87. The summed E-state index contributed by atoms with van der Waals surface area (Å²) in [6.07, 6.45) is 11.2. The third-order valence-corrected chi connectivity index (χ3v) is 5.35. The summed E-state index contributed by atoms with van der Waals surface area (Å²) in [5, 5.41) is 0. The van der Waals surface area contributed by atoms with E-state index in [1.165, 1.54) is 51.4 Å². The molecule has 2 aliphatic heterocycles. The number of fused-ring (bicyclic) bond motifs is 2. The minimum atomic E-state index is 0.498. The lowest BCUT2D eigenvalue weighted by atomic mass is 9.83. The van der Waals surface area contributed by atoms with E-state index >= 15 is 0 Å². The molecule has 2 nitrogen and oxygen atoms in total. The van der Waals surface area contributed by atoms with Crippen molar-refractivity contribution in [2.45, 2.75) is 69.5 Å². The average Bonchev–Trinajstić information content (AvgIpc) is 3.07. The van der Waals surface area contributed by atoms with E-state index in [2.05, 4.69) is 11.9 Å². The van der Waals surface area contributed by atoms with Crippen LogP contribution in [0.4, 0.5) is 0 Å². The van der Waals surface area contributed by atoms with Gasteiger partial charge in [-0.15, -0.1) is 0 Å². The molecular weight excluding hydrogens is 196 g/mol. The Balaban J connectivity index is 1.51. The van der Waals surface area contributed by atoms with Crippen molar-refractivity contribution < 1.29 is 0 Å². The highest BCUT2D eigenvalue weighted by Gasteiger charge is 2.40. The van der Waals surface area contributed by atoms with Gasteiger partial charge in [0.25, 0.3) is 0 Å². The van der Waals surface area contributed by atoms with E-state index in [0.29, 0.717) is 6.04 Å². The third kappa shape index (κ3) is 2.14. The molecule has 0 aromatic carbocycles. The number of nitrogens with zero attached hydrogens (tertiary/aromatic N) is 1. The van der Waals surface area contributed by atoms with Crippen LogP contribution in [0.15, 0.2) is 0 Å². The summed E-state index contributed by atoms with van der Waals surface area (Å²) < 4.78 is 0. The van der Waals surface area contributed by atoms with E-state index in [0.717, 1.165) is 23.9 Å². The maximum atomic E-state index is 6.40. The van der Waals surface area contributed by atoms with Gasteiger partial charge in [-0.3, -0.25) is 0 Å². The van der Waals surface area contributed by atoms with Crippen LogP contribution < -0.4 is 5.73 Å². The summed E-state index contributed by atoms with van der Waals surface area (Å²) in [6.45, 7) is 0. The Morgan fingerprint density at radius 3 is 2.31 bits per heavy atom. The van der Waals surface area contributed by atoms with Crippen LogP contribution in [0.3, 0.4) is 0 Å². The second kappa shape index (κ2) is 4.30. The highest BCUT2D eigenvalue weighted by atomic mass is 15.2. The van der Waals surface area contributed by atoms with E-state index in [-0.39, 0.29) is 0 Å². The van der Waals surface area contributed by atoms with Gasteiger partial charge >= 0.3 is 0 Å². The second-order valence-corrected chi connectivity index (χ2v) is 6.47. The predicted molar refractivity (Wildman–Crippen MR) is 67.2 cm³/mol. The molecule has 0 aromatic rings. The molecule has 2 N–H and O–H groups in total. The molecule has 2 saturated heterocycles. The number of rotatable bonds is 4. The van der Waals surface area contributed by atoms with E-state index in [9.17, 15) is 0 Å². The molecule has 0 spiro atoms. The molecule has 3 fully saturated rings. The highest BCUT2D eigenvalue weighted by Crippen LogP contribution is 2.40. The van der Waals surface area contributed by atoms with Crippen molar-refractivity contribution in [1.29, 1.82) is 0 Å². The monoisotopic (exact) mass is 222 g/mol. The zero-order valence-corrected chi connectivity index (χ0v) is 10.6. The third-order valence-electron chi connectivity index (χ3n) is 5.35. The lowest BCUT2D eigenvalue weighted by molar-refractivity contribution is 0.118. The SMILES string of the molecule is CN1C2CCC1CC(C(N)CCC1CC1)C2. The van der Waals surface area contributed by atoms with Gasteiger partial charge < -0.3 is 10.6 Å². The number of hydrogen-bond acceptors (Lipinski definition) is 2. The summed E-state index contributed by atoms with van der Waals surface area (Å²) in [4.78, 5) is 2.62. The van der Waals surface area contributed by atoms with Gasteiger partial charge in [0.1, 0.15) is 0 Å². The minimum Gasteiger partial charge on any atom is -0.327 e. The fourth-order valence-corrected chi connectivity index (χ4v) is 3.87. The van der Waals surface area contributed by atoms with Crippen LogP contribution in [0, 0.1) is 11.8 Å². The van der Waals surface area contributed by atoms with Crippen molar-refractivity contribution >= 4 is 0 Å². The van der Waals surface area contributed by atoms with Gasteiger partial charge in [0.2, 0.25) is 0 Å². The van der Waals surface area contributed by atoms with Crippen molar-refractivity contribution in [3.63, 3.8) is 0 Å². The number of nitrogens with two attached hydrogens (primary N) is 1. The van der Waals surface area contributed by atoms with Gasteiger partial charge in [-0.25, -0.2) is 0 Å². The molecule has 3 atom stereocenters. The summed E-state index contributed by atoms with van der Waals surface area (Å²) in [5.41, 5.74) is 6.40. The molecule has 1 saturated carbocycles. The summed E-state index contributed by atoms with van der Waals surface area (Å²) in [6, 6.07) is 2.21. The molecule has 3 rings (SSSR count). The Bertz CT molecular complexity index is 235. The quantitative estimate of drug-likeness (QED) is 0.791. The molecule has 2 heteroatoms. The van der Waals surface area contributed by atoms with Crippen LogP contribution in [0.25, 0.3) is 0 Å². The first kappa shape index (κ1) is 11.0. The topological polar surface area (TPSA) is 29.3 Å². The molecule has 2 heterocycles. The lowest BCUT2D eigenvalue weighted by Gasteiger charge is -2.38. The summed E-state index contributed by atoms with van der Waals surface area (Å²) >= 11 is 0. The Kier molecular flexibility index (Phi) is 2.97. The van der Waals surface area contributed by atoms with Crippen LogP contribution in [-0.2, 0) is 0 Å². The van der Waals surface area contributed by atoms with Crippen LogP contribution in [0.2, 0.25) is 0 Å². The van der Waals surface area contributed by atoms with E-state index in [1.807, 2.05) is 0 Å². The molecular formula is C14H26N2. The summed E-state index contributed by atoms with van der Waals surface area (Å²) in [7, 11) is 2.31. The molecule has 0 radical (unpaired) electrons. The van der Waals surface area contributed by atoms with Crippen LogP contribution in [0.5, 0.6) is 0 Å². The zero-order valence-electron chi connectivity index (χ0n) is 10.6. The smallest absolute Gasteiger partial charge is 0.00989 e. The molecule has 92 valence electrons. The van der Waals surface area contributed by atoms with Gasteiger partial charge in [0, 0.05) is 18.1 Å². The van der Waals surface area contributed by atoms with Gasteiger partial charge in [-0.05, 0) is 57.4 Å². The van der Waals surface area contributed by atoms with Crippen molar-refractivity contribution in [2.24, 2.45) is 17.6 Å².